The summed E-state index contributed by atoms with van der Waals surface area (Å²) >= 11 is 0. The van der Waals surface area contributed by atoms with E-state index in [4.69, 9.17) is 4.74 Å². The second kappa shape index (κ2) is 7.07. The van der Waals surface area contributed by atoms with Gasteiger partial charge in [-0.25, -0.2) is 13.2 Å². The average molecular weight is 364 g/mol. The van der Waals surface area contributed by atoms with Crippen molar-refractivity contribution in [2.45, 2.75) is 13.3 Å². The van der Waals surface area contributed by atoms with Crippen LogP contribution in [0.5, 0.6) is 5.75 Å². The first kappa shape index (κ1) is 17.8. The van der Waals surface area contributed by atoms with E-state index in [1.807, 2.05) is 6.92 Å². The van der Waals surface area contributed by atoms with E-state index >= 15 is 0 Å². The highest BCUT2D eigenvalue weighted by Gasteiger charge is 2.26. The second-order valence-corrected chi connectivity index (χ2v) is 5.69. The maximum absolute atomic E-state index is 13.8. The molecule has 2 amide bonds. The van der Waals surface area contributed by atoms with E-state index in [2.05, 4.69) is 5.32 Å². The number of rotatable bonds is 4. The summed E-state index contributed by atoms with van der Waals surface area (Å²) in [4.78, 5) is 25.7. The Kier molecular flexibility index (Phi) is 4.83. The van der Waals surface area contributed by atoms with Gasteiger partial charge in [-0.1, -0.05) is 6.92 Å². The lowest BCUT2D eigenvalue weighted by molar-refractivity contribution is -0.121. The molecule has 136 valence electrons. The van der Waals surface area contributed by atoms with Crippen LogP contribution >= 0.6 is 0 Å². The number of ether oxygens (including phenoxy) is 1. The van der Waals surface area contributed by atoms with Gasteiger partial charge in [0.05, 0.1) is 11.3 Å². The predicted octanol–water partition coefficient (Wildman–Crippen LogP) is 3.49. The fourth-order valence-corrected chi connectivity index (χ4v) is 2.65. The van der Waals surface area contributed by atoms with Crippen LogP contribution in [-0.2, 0) is 4.79 Å². The van der Waals surface area contributed by atoms with Gasteiger partial charge < -0.3 is 15.0 Å². The third kappa shape index (κ3) is 3.22. The lowest BCUT2D eigenvalue weighted by Gasteiger charge is -2.29. The van der Waals surface area contributed by atoms with Crippen LogP contribution in [0.3, 0.4) is 0 Å². The van der Waals surface area contributed by atoms with Gasteiger partial charge >= 0.3 is 0 Å². The maximum Gasteiger partial charge on any atom is 0.265 e. The lowest BCUT2D eigenvalue weighted by Crippen LogP contribution is -2.39. The van der Waals surface area contributed by atoms with Crippen molar-refractivity contribution < 1.29 is 27.5 Å². The lowest BCUT2D eigenvalue weighted by atomic mass is 10.1. The van der Waals surface area contributed by atoms with E-state index in [1.54, 1.807) is 6.07 Å². The van der Waals surface area contributed by atoms with Gasteiger partial charge in [0, 0.05) is 12.2 Å². The van der Waals surface area contributed by atoms with Crippen LogP contribution in [0.15, 0.2) is 30.3 Å². The van der Waals surface area contributed by atoms with Crippen molar-refractivity contribution in [1.82, 2.24) is 0 Å². The Bertz CT molecular complexity index is 886. The van der Waals surface area contributed by atoms with Crippen LogP contribution in [0, 0.1) is 17.5 Å². The van der Waals surface area contributed by atoms with Crippen molar-refractivity contribution in [3.05, 3.63) is 53.3 Å². The molecule has 0 unspecified atom stereocenters. The number of hydrogen-bond donors (Lipinski definition) is 1. The Morgan fingerprint density at radius 3 is 2.69 bits per heavy atom. The zero-order chi connectivity index (χ0) is 18.8. The van der Waals surface area contributed by atoms with Crippen LogP contribution in [0.1, 0.15) is 23.7 Å². The van der Waals surface area contributed by atoms with E-state index in [-0.39, 0.29) is 18.2 Å². The number of hydrogen-bond acceptors (Lipinski definition) is 3. The number of fused-ring (bicyclic) bond motifs is 1. The smallest absolute Gasteiger partial charge is 0.265 e. The number of carbonyl (C=O) groups is 2. The molecule has 1 aliphatic heterocycles. The van der Waals surface area contributed by atoms with Gasteiger partial charge in [-0.15, -0.1) is 0 Å². The average Bonchev–Trinajstić information content (AvgIpc) is 2.62. The molecule has 1 aliphatic rings. The molecule has 2 aromatic carbocycles. The maximum atomic E-state index is 13.8. The molecule has 3 rings (SSSR count). The summed E-state index contributed by atoms with van der Waals surface area (Å²) in [5.74, 6) is -5.32. The third-order valence-corrected chi connectivity index (χ3v) is 3.89. The van der Waals surface area contributed by atoms with Crippen LogP contribution in [0.25, 0.3) is 0 Å². The minimum Gasteiger partial charge on any atom is -0.482 e. The largest absolute Gasteiger partial charge is 0.482 e. The van der Waals surface area contributed by atoms with E-state index in [1.165, 1.54) is 17.0 Å². The van der Waals surface area contributed by atoms with Crippen molar-refractivity contribution >= 4 is 23.2 Å². The topological polar surface area (TPSA) is 58.6 Å². The van der Waals surface area contributed by atoms with Crippen molar-refractivity contribution in [3.63, 3.8) is 0 Å². The molecule has 1 N–H and O–H groups in total. The Morgan fingerprint density at radius 1 is 1.19 bits per heavy atom. The molecule has 5 nitrogen and oxygen atoms in total. The summed E-state index contributed by atoms with van der Waals surface area (Å²) in [5.41, 5.74) is 0.114. The van der Waals surface area contributed by atoms with Crippen molar-refractivity contribution in [1.29, 1.82) is 0 Å². The molecule has 26 heavy (non-hydrogen) atoms. The molecule has 0 radical (unpaired) electrons. The highest BCUT2D eigenvalue weighted by Crippen LogP contribution is 2.34. The molecular formula is C18H15F3N2O3. The molecule has 0 saturated carbocycles. The van der Waals surface area contributed by atoms with Gasteiger partial charge in [0.1, 0.15) is 5.75 Å². The van der Waals surface area contributed by atoms with Crippen LogP contribution in [-0.4, -0.2) is 25.0 Å². The predicted molar refractivity (Wildman–Crippen MR) is 88.9 cm³/mol. The van der Waals surface area contributed by atoms with Crippen LogP contribution in [0.2, 0.25) is 0 Å². The number of halogens is 3. The van der Waals surface area contributed by atoms with Crippen molar-refractivity contribution in [2.24, 2.45) is 0 Å². The fourth-order valence-electron chi connectivity index (χ4n) is 2.65. The van der Waals surface area contributed by atoms with Gasteiger partial charge in [0.2, 0.25) is 0 Å². The first-order chi connectivity index (χ1) is 12.4. The molecule has 1 heterocycles. The Morgan fingerprint density at radius 2 is 1.96 bits per heavy atom. The van der Waals surface area contributed by atoms with Crippen molar-refractivity contribution in [3.8, 4) is 5.75 Å². The highest BCUT2D eigenvalue weighted by atomic mass is 19.2. The van der Waals surface area contributed by atoms with E-state index < -0.39 is 28.9 Å². The zero-order valence-electron chi connectivity index (χ0n) is 13.8. The molecule has 0 spiro atoms. The second-order valence-electron chi connectivity index (χ2n) is 5.69. The minimum absolute atomic E-state index is 0.0707. The first-order valence-corrected chi connectivity index (χ1v) is 7.94. The Balaban J connectivity index is 1.88. The van der Waals surface area contributed by atoms with Crippen molar-refractivity contribution in [2.75, 3.05) is 23.4 Å². The number of benzene rings is 2. The normalized spacial score (nSPS) is 13.2. The summed E-state index contributed by atoms with van der Waals surface area (Å²) in [7, 11) is 0. The van der Waals surface area contributed by atoms with Gasteiger partial charge in [0.25, 0.3) is 11.8 Å². The summed E-state index contributed by atoms with van der Waals surface area (Å²) in [5, 5.41) is 2.41. The molecule has 2 aromatic rings. The Labute approximate surface area is 147 Å². The number of nitrogens with zero attached hydrogens (tertiary/aromatic N) is 1. The fraction of sp³-hybridized carbons (Fsp3) is 0.222. The summed E-state index contributed by atoms with van der Waals surface area (Å²) in [6, 6.07) is 6.13. The van der Waals surface area contributed by atoms with E-state index in [0.29, 0.717) is 24.0 Å². The van der Waals surface area contributed by atoms with E-state index in [9.17, 15) is 22.8 Å². The standard InChI is InChI=1S/C18H15F3N2O3/c1-2-7-23-13-8-10(3-6-14(13)26-9-15(23)24)22-18(25)11-4-5-12(19)17(21)16(11)20/h3-6,8H,2,7,9H2,1H3,(H,22,25). The van der Waals surface area contributed by atoms with Gasteiger partial charge in [0.15, 0.2) is 24.1 Å². The third-order valence-electron chi connectivity index (χ3n) is 3.89. The zero-order valence-corrected chi connectivity index (χ0v) is 13.8. The van der Waals surface area contributed by atoms with Gasteiger partial charge in [-0.3, -0.25) is 9.59 Å². The molecule has 0 aliphatic carbocycles. The van der Waals surface area contributed by atoms with Crippen LogP contribution in [0.4, 0.5) is 24.5 Å². The highest BCUT2D eigenvalue weighted by molar-refractivity contribution is 6.05. The molecule has 0 bridgehead atoms. The minimum atomic E-state index is -1.71. The molecular weight excluding hydrogens is 349 g/mol. The van der Waals surface area contributed by atoms with E-state index in [0.717, 1.165) is 12.5 Å². The molecule has 0 aromatic heterocycles. The summed E-state index contributed by atoms with van der Waals surface area (Å²) in [6.45, 7) is 2.32. The molecule has 0 saturated heterocycles. The number of anilines is 2. The van der Waals surface area contributed by atoms with Crippen LogP contribution < -0.4 is 15.0 Å². The first-order valence-electron chi connectivity index (χ1n) is 7.94. The molecule has 0 atom stereocenters. The quantitative estimate of drug-likeness (QED) is 0.845. The number of amides is 2. The summed E-state index contributed by atoms with van der Waals surface area (Å²) < 4.78 is 45.4. The number of nitrogens with one attached hydrogen (secondary N) is 1. The Hall–Kier alpha value is -3.03. The van der Waals surface area contributed by atoms with Gasteiger partial charge in [-0.05, 0) is 36.8 Å². The summed E-state index contributed by atoms with van der Waals surface area (Å²) in [6.07, 6.45) is 0.724. The molecule has 8 heteroatoms. The van der Waals surface area contributed by atoms with Gasteiger partial charge in [-0.2, -0.15) is 0 Å². The number of carbonyl (C=O) groups excluding carboxylic acids is 2. The SMILES string of the molecule is CCCN1C(=O)COc2ccc(NC(=O)c3ccc(F)c(F)c3F)cc21. The monoisotopic (exact) mass is 364 g/mol. The molecule has 0 fully saturated rings.